The molecule has 1 aromatic rings. The van der Waals surface area contributed by atoms with Crippen molar-refractivity contribution in [2.24, 2.45) is 0 Å². The molecule has 0 N–H and O–H groups in total. The van der Waals surface area contributed by atoms with Crippen molar-refractivity contribution in [1.82, 2.24) is 4.90 Å². The molecule has 1 rings (SSSR count). The maximum absolute atomic E-state index is 13.9. The minimum atomic E-state index is -0.119. The van der Waals surface area contributed by atoms with Gasteiger partial charge in [-0.25, -0.2) is 4.39 Å². The van der Waals surface area contributed by atoms with Gasteiger partial charge in [-0.05, 0) is 56.1 Å². The minimum Gasteiger partial charge on any atom is -0.309 e. The van der Waals surface area contributed by atoms with E-state index in [2.05, 4.69) is 25.1 Å². The van der Waals surface area contributed by atoms with Crippen LogP contribution in [0.25, 0.3) is 0 Å². The molecule has 0 aliphatic heterocycles. The lowest BCUT2D eigenvalue weighted by atomic mass is 9.86. The largest absolute Gasteiger partial charge is 0.309 e. The molecule has 0 fully saturated rings. The van der Waals surface area contributed by atoms with Crippen molar-refractivity contribution in [2.75, 3.05) is 20.6 Å². The molecule has 0 spiro atoms. The first kappa shape index (κ1) is 14.2. The second-order valence-corrected chi connectivity index (χ2v) is 5.97. The average molecular weight is 237 g/mol. The molecule has 0 heterocycles. The van der Waals surface area contributed by atoms with E-state index in [-0.39, 0.29) is 11.2 Å². The average Bonchev–Trinajstić information content (AvgIpc) is 2.14. The van der Waals surface area contributed by atoms with E-state index >= 15 is 0 Å². The highest BCUT2D eigenvalue weighted by Gasteiger charge is 2.18. The molecule has 0 aromatic heterocycles. The number of hydrogen-bond acceptors (Lipinski definition) is 1. The van der Waals surface area contributed by atoms with Gasteiger partial charge < -0.3 is 4.90 Å². The third kappa shape index (κ3) is 4.47. The van der Waals surface area contributed by atoms with Crippen LogP contribution in [0.3, 0.4) is 0 Å². The number of aryl methyl sites for hydroxylation is 1. The molecule has 1 aromatic carbocycles. The molecule has 0 radical (unpaired) electrons. The summed E-state index contributed by atoms with van der Waals surface area (Å²) in [6.07, 6.45) is 2.01. The van der Waals surface area contributed by atoms with Gasteiger partial charge in [0, 0.05) is 0 Å². The van der Waals surface area contributed by atoms with Gasteiger partial charge in [0.05, 0.1) is 0 Å². The van der Waals surface area contributed by atoms with E-state index in [1.807, 2.05) is 26.8 Å². The fourth-order valence-corrected chi connectivity index (χ4v) is 1.92. The zero-order chi connectivity index (χ0) is 13.1. The molecule has 2 heteroatoms. The zero-order valence-electron chi connectivity index (χ0n) is 11.7. The summed E-state index contributed by atoms with van der Waals surface area (Å²) in [7, 11) is 4.12. The van der Waals surface area contributed by atoms with E-state index in [4.69, 9.17) is 0 Å². The lowest BCUT2D eigenvalue weighted by molar-refractivity contribution is 0.400. The summed E-state index contributed by atoms with van der Waals surface area (Å²) in [6.45, 7) is 7.16. The van der Waals surface area contributed by atoms with Crippen molar-refractivity contribution in [2.45, 2.75) is 39.0 Å². The quantitative estimate of drug-likeness (QED) is 0.773. The maximum atomic E-state index is 13.9. The minimum absolute atomic E-state index is 0.0696. The Balaban J connectivity index is 2.69. The van der Waals surface area contributed by atoms with Crippen molar-refractivity contribution >= 4 is 0 Å². The van der Waals surface area contributed by atoms with Crippen molar-refractivity contribution < 1.29 is 4.39 Å². The summed E-state index contributed by atoms with van der Waals surface area (Å²) in [5.74, 6) is -0.0696. The molecule has 1 nitrogen and oxygen atoms in total. The first-order valence-electron chi connectivity index (χ1n) is 6.24. The number of rotatable bonds is 4. The smallest absolute Gasteiger partial charge is 0.127 e. The molecule has 0 saturated heterocycles. The Hall–Kier alpha value is -0.890. The Morgan fingerprint density at radius 3 is 2.29 bits per heavy atom. The molecule has 0 unspecified atom stereocenters. The Bertz CT molecular complexity index is 364. The highest BCUT2D eigenvalue weighted by molar-refractivity contribution is 5.29. The Labute approximate surface area is 105 Å². The predicted octanol–water partition coefficient (Wildman–Crippen LogP) is 3.62. The van der Waals surface area contributed by atoms with Gasteiger partial charge in [0.25, 0.3) is 0 Å². The normalized spacial score (nSPS) is 12.2. The Morgan fingerprint density at radius 2 is 1.82 bits per heavy atom. The van der Waals surface area contributed by atoms with Crippen LogP contribution in [0.5, 0.6) is 0 Å². The first-order chi connectivity index (χ1) is 7.80. The van der Waals surface area contributed by atoms with Crippen LogP contribution in [0.4, 0.5) is 4.39 Å². The van der Waals surface area contributed by atoms with Crippen molar-refractivity contribution in [1.29, 1.82) is 0 Å². The Morgan fingerprint density at radius 1 is 1.18 bits per heavy atom. The number of hydrogen-bond donors (Lipinski definition) is 0. The molecular formula is C15H24FN. The van der Waals surface area contributed by atoms with Gasteiger partial charge in [0.2, 0.25) is 0 Å². The molecule has 0 aliphatic carbocycles. The Kier molecular flexibility index (Phi) is 4.70. The van der Waals surface area contributed by atoms with Crippen LogP contribution >= 0.6 is 0 Å². The van der Waals surface area contributed by atoms with Crippen LogP contribution in [0.2, 0.25) is 0 Å². The van der Waals surface area contributed by atoms with Gasteiger partial charge in [-0.3, -0.25) is 0 Å². The van der Waals surface area contributed by atoms with Gasteiger partial charge in [-0.1, -0.05) is 32.9 Å². The topological polar surface area (TPSA) is 3.24 Å². The van der Waals surface area contributed by atoms with Gasteiger partial charge >= 0.3 is 0 Å². The van der Waals surface area contributed by atoms with Crippen molar-refractivity contribution in [3.63, 3.8) is 0 Å². The monoisotopic (exact) mass is 237 g/mol. The number of nitrogens with zero attached hydrogens (tertiary/aromatic N) is 1. The SMILES string of the molecule is CN(C)CCCc1ccc(C(C)(C)C)c(F)c1. The fraction of sp³-hybridized carbons (Fsp3) is 0.600. The summed E-state index contributed by atoms with van der Waals surface area (Å²) in [5, 5.41) is 0. The highest BCUT2D eigenvalue weighted by atomic mass is 19.1. The summed E-state index contributed by atoms with van der Waals surface area (Å²) in [4.78, 5) is 2.15. The first-order valence-corrected chi connectivity index (χ1v) is 6.24. The third-order valence-corrected chi connectivity index (χ3v) is 2.91. The molecule has 0 aliphatic rings. The summed E-state index contributed by atoms with van der Waals surface area (Å²) in [6, 6.07) is 5.68. The molecule has 96 valence electrons. The zero-order valence-corrected chi connectivity index (χ0v) is 11.7. The van der Waals surface area contributed by atoms with Crippen LogP contribution in [0, 0.1) is 5.82 Å². The molecule has 0 atom stereocenters. The standard InChI is InChI=1S/C15H24FN/c1-15(2,3)13-9-8-12(11-14(13)16)7-6-10-17(4)5/h8-9,11H,6-7,10H2,1-5H3. The van der Waals surface area contributed by atoms with E-state index in [9.17, 15) is 4.39 Å². The van der Waals surface area contributed by atoms with E-state index in [1.165, 1.54) is 0 Å². The molecular weight excluding hydrogens is 213 g/mol. The molecule has 0 amide bonds. The third-order valence-electron chi connectivity index (χ3n) is 2.91. The molecule has 0 saturated carbocycles. The molecule has 17 heavy (non-hydrogen) atoms. The van der Waals surface area contributed by atoms with E-state index < -0.39 is 0 Å². The van der Waals surface area contributed by atoms with E-state index in [0.29, 0.717) is 0 Å². The van der Waals surface area contributed by atoms with Crippen LogP contribution in [-0.4, -0.2) is 25.5 Å². The van der Waals surface area contributed by atoms with E-state index in [1.54, 1.807) is 6.07 Å². The van der Waals surface area contributed by atoms with Crippen LogP contribution in [0.15, 0.2) is 18.2 Å². The van der Waals surface area contributed by atoms with Gasteiger partial charge in [0.1, 0.15) is 5.82 Å². The van der Waals surface area contributed by atoms with Gasteiger partial charge in [-0.2, -0.15) is 0 Å². The maximum Gasteiger partial charge on any atom is 0.127 e. The van der Waals surface area contributed by atoms with Crippen LogP contribution < -0.4 is 0 Å². The van der Waals surface area contributed by atoms with Crippen molar-refractivity contribution in [3.05, 3.63) is 35.1 Å². The lowest BCUT2D eigenvalue weighted by Gasteiger charge is -2.20. The van der Waals surface area contributed by atoms with E-state index in [0.717, 1.165) is 30.5 Å². The second-order valence-electron chi connectivity index (χ2n) is 5.97. The highest BCUT2D eigenvalue weighted by Crippen LogP contribution is 2.25. The van der Waals surface area contributed by atoms with Crippen LogP contribution in [0.1, 0.15) is 38.3 Å². The summed E-state index contributed by atoms with van der Waals surface area (Å²) >= 11 is 0. The lowest BCUT2D eigenvalue weighted by Crippen LogP contribution is -2.15. The van der Waals surface area contributed by atoms with Gasteiger partial charge in [-0.15, -0.1) is 0 Å². The fourth-order valence-electron chi connectivity index (χ4n) is 1.92. The molecule has 0 bridgehead atoms. The number of halogens is 1. The number of benzene rings is 1. The van der Waals surface area contributed by atoms with Crippen LogP contribution in [-0.2, 0) is 11.8 Å². The second kappa shape index (κ2) is 5.63. The summed E-state index contributed by atoms with van der Waals surface area (Å²) in [5.41, 5.74) is 1.78. The van der Waals surface area contributed by atoms with Crippen molar-refractivity contribution in [3.8, 4) is 0 Å². The summed E-state index contributed by atoms with van der Waals surface area (Å²) < 4.78 is 13.9. The van der Waals surface area contributed by atoms with Gasteiger partial charge in [0.15, 0.2) is 0 Å². The predicted molar refractivity (Wildman–Crippen MR) is 72.0 cm³/mol.